The molecular formula is C17H24N2O4. The van der Waals surface area contributed by atoms with Crippen LogP contribution in [0.1, 0.15) is 56.2 Å². The summed E-state index contributed by atoms with van der Waals surface area (Å²) in [6.07, 6.45) is 1.16. The van der Waals surface area contributed by atoms with E-state index < -0.39 is 11.6 Å². The van der Waals surface area contributed by atoms with Crippen molar-refractivity contribution in [1.29, 1.82) is 0 Å². The minimum Gasteiger partial charge on any atom is -0.465 e. The average molecular weight is 320 g/mol. The van der Waals surface area contributed by atoms with Crippen molar-refractivity contribution in [2.75, 3.05) is 13.7 Å². The molecule has 0 aliphatic carbocycles. The molecular weight excluding hydrogens is 296 g/mol. The third kappa shape index (κ3) is 3.81. The smallest absolute Gasteiger partial charge is 0.410 e. The molecule has 1 aromatic heterocycles. The molecule has 0 saturated heterocycles. The van der Waals surface area contributed by atoms with Crippen LogP contribution >= 0.6 is 0 Å². The summed E-state index contributed by atoms with van der Waals surface area (Å²) in [7, 11) is 1.33. The molecule has 2 heterocycles. The van der Waals surface area contributed by atoms with Gasteiger partial charge in [0.05, 0.1) is 24.9 Å². The van der Waals surface area contributed by atoms with Crippen LogP contribution in [0.25, 0.3) is 0 Å². The average Bonchev–Trinajstić information content (AvgIpc) is 2.43. The molecule has 23 heavy (non-hydrogen) atoms. The van der Waals surface area contributed by atoms with Gasteiger partial charge in [0.25, 0.3) is 0 Å². The number of rotatable bonds is 1. The summed E-state index contributed by atoms with van der Waals surface area (Å²) in [5.74, 6) is -0.438. The van der Waals surface area contributed by atoms with E-state index in [1.54, 1.807) is 11.0 Å². The number of pyridine rings is 1. The molecule has 0 N–H and O–H groups in total. The second kappa shape index (κ2) is 5.83. The second-order valence-electron chi connectivity index (χ2n) is 7.44. The lowest BCUT2D eigenvalue weighted by Crippen LogP contribution is -2.47. The van der Waals surface area contributed by atoms with E-state index in [4.69, 9.17) is 9.47 Å². The standard InChI is InChI=1S/C17H24N2O4/c1-16(2,3)23-15(21)19-9-12-7-11(14(20)22-6)8-18-13(12)17(4,5)10-19/h7-8H,9-10H2,1-6H3. The van der Waals surface area contributed by atoms with E-state index in [-0.39, 0.29) is 11.5 Å². The first-order chi connectivity index (χ1) is 10.5. The highest BCUT2D eigenvalue weighted by atomic mass is 16.6. The van der Waals surface area contributed by atoms with Crippen LogP contribution in [-0.2, 0) is 21.4 Å². The number of fused-ring (bicyclic) bond motifs is 1. The van der Waals surface area contributed by atoms with Crippen molar-refractivity contribution >= 4 is 12.1 Å². The number of esters is 1. The first-order valence-electron chi connectivity index (χ1n) is 7.59. The summed E-state index contributed by atoms with van der Waals surface area (Å²) in [5, 5.41) is 0. The normalized spacial score (nSPS) is 16.5. The van der Waals surface area contributed by atoms with Gasteiger partial charge in [-0.05, 0) is 32.4 Å². The number of carbonyl (C=O) groups is 2. The van der Waals surface area contributed by atoms with Crippen LogP contribution in [-0.4, -0.2) is 41.2 Å². The SMILES string of the molecule is COC(=O)c1cnc2c(c1)CN(C(=O)OC(C)(C)C)CC2(C)C. The van der Waals surface area contributed by atoms with Gasteiger partial charge >= 0.3 is 12.1 Å². The van der Waals surface area contributed by atoms with Crippen molar-refractivity contribution in [2.45, 2.75) is 52.2 Å². The van der Waals surface area contributed by atoms with Crippen LogP contribution in [0.5, 0.6) is 0 Å². The van der Waals surface area contributed by atoms with Crippen LogP contribution in [0.2, 0.25) is 0 Å². The highest BCUT2D eigenvalue weighted by Crippen LogP contribution is 2.33. The van der Waals surface area contributed by atoms with Gasteiger partial charge in [-0.3, -0.25) is 4.98 Å². The zero-order chi connectivity index (χ0) is 17.4. The quantitative estimate of drug-likeness (QED) is 0.744. The third-order valence-corrected chi connectivity index (χ3v) is 3.63. The zero-order valence-corrected chi connectivity index (χ0v) is 14.6. The molecule has 1 aliphatic heterocycles. The van der Waals surface area contributed by atoms with Crippen LogP contribution < -0.4 is 0 Å². The fourth-order valence-corrected chi connectivity index (χ4v) is 2.74. The van der Waals surface area contributed by atoms with Crippen molar-refractivity contribution in [1.82, 2.24) is 9.88 Å². The predicted octanol–water partition coefficient (Wildman–Crippen LogP) is 2.90. The summed E-state index contributed by atoms with van der Waals surface area (Å²) in [6, 6.07) is 1.74. The molecule has 0 aromatic carbocycles. The van der Waals surface area contributed by atoms with Gasteiger partial charge in [-0.2, -0.15) is 0 Å². The Bertz CT molecular complexity index is 632. The van der Waals surface area contributed by atoms with E-state index in [1.165, 1.54) is 13.3 Å². The molecule has 1 aliphatic rings. The second-order valence-corrected chi connectivity index (χ2v) is 7.44. The van der Waals surface area contributed by atoms with Crippen LogP contribution in [0.4, 0.5) is 4.79 Å². The molecule has 0 fully saturated rings. The molecule has 0 spiro atoms. The summed E-state index contributed by atoms with van der Waals surface area (Å²) < 4.78 is 10.2. The summed E-state index contributed by atoms with van der Waals surface area (Å²) >= 11 is 0. The Balaban J connectivity index is 2.33. The molecule has 0 radical (unpaired) electrons. The first-order valence-corrected chi connectivity index (χ1v) is 7.59. The Hall–Kier alpha value is -2.11. The van der Waals surface area contributed by atoms with Crippen LogP contribution in [0.15, 0.2) is 12.3 Å². The summed E-state index contributed by atoms with van der Waals surface area (Å²) in [4.78, 5) is 30.2. The Morgan fingerprint density at radius 3 is 2.52 bits per heavy atom. The number of aromatic nitrogens is 1. The van der Waals surface area contributed by atoms with Crippen molar-refractivity contribution < 1.29 is 19.1 Å². The van der Waals surface area contributed by atoms with Crippen molar-refractivity contribution in [2.24, 2.45) is 0 Å². The zero-order valence-electron chi connectivity index (χ0n) is 14.6. The van der Waals surface area contributed by atoms with Crippen LogP contribution in [0, 0.1) is 0 Å². The Kier molecular flexibility index (Phi) is 4.37. The number of hydrogen-bond acceptors (Lipinski definition) is 5. The maximum Gasteiger partial charge on any atom is 0.410 e. The van der Waals surface area contributed by atoms with Crippen LogP contribution in [0.3, 0.4) is 0 Å². The molecule has 0 bridgehead atoms. The predicted molar refractivity (Wildman–Crippen MR) is 85.2 cm³/mol. The third-order valence-electron chi connectivity index (χ3n) is 3.63. The van der Waals surface area contributed by atoms with Gasteiger partial charge in [-0.1, -0.05) is 13.8 Å². The molecule has 6 heteroatoms. The van der Waals surface area contributed by atoms with Gasteiger partial charge in [0, 0.05) is 18.2 Å². The largest absolute Gasteiger partial charge is 0.465 e. The fraction of sp³-hybridized carbons (Fsp3) is 0.588. The summed E-state index contributed by atoms with van der Waals surface area (Å²) in [5.41, 5.74) is 1.25. The molecule has 0 atom stereocenters. The minimum absolute atomic E-state index is 0.320. The highest BCUT2D eigenvalue weighted by Gasteiger charge is 2.37. The molecule has 126 valence electrons. The maximum absolute atomic E-state index is 12.4. The van der Waals surface area contributed by atoms with E-state index in [0.29, 0.717) is 18.7 Å². The van der Waals surface area contributed by atoms with E-state index >= 15 is 0 Å². The lowest BCUT2D eigenvalue weighted by atomic mass is 9.82. The maximum atomic E-state index is 12.4. The van der Waals surface area contributed by atoms with Crippen molar-refractivity contribution in [3.05, 3.63) is 29.1 Å². The number of nitrogens with zero attached hydrogens (tertiary/aromatic N) is 2. The highest BCUT2D eigenvalue weighted by molar-refractivity contribution is 5.89. The Morgan fingerprint density at radius 1 is 1.30 bits per heavy atom. The van der Waals surface area contributed by atoms with Gasteiger partial charge < -0.3 is 14.4 Å². The minimum atomic E-state index is -0.548. The molecule has 0 unspecified atom stereocenters. The number of amides is 1. The molecule has 1 amide bonds. The van der Waals surface area contributed by atoms with Gasteiger partial charge in [0.15, 0.2) is 0 Å². The van der Waals surface area contributed by atoms with E-state index in [9.17, 15) is 9.59 Å². The van der Waals surface area contributed by atoms with Crippen molar-refractivity contribution in [3.63, 3.8) is 0 Å². The van der Waals surface area contributed by atoms with Crippen molar-refractivity contribution in [3.8, 4) is 0 Å². The fourth-order valence-electron chi connectivity index (χ4n) is 2.74. The van der Waals surface area contributed by atoms with Gasteiger partial charge in [-0.25, -0.2) is 9.59 Å². The monoisotopic (exact) mass is 320 g/mol. The van der Waals surface area contributed by atoms with E-state index in [0.717, 1.165) is 11.3 Å². The lowest BCUT2D eigenvalue weighted by molar-refractivity contribution is 0.0171. The lowest BCUT2D eigenvalue weighted by Gasteiger charge is -2.39. The number of carbonyl (C=O) groups excluding carboxylic acids is 2. The Labute approximate surface area is 136 Å². The molecule has 1 aromatic rings. The van der Waals surface area contributed by atoms with Gasteiger partial charge in [0.2, 0.25) is 0 Å². The van der Waals surface area contributed by atoms with Gasteiger partial charge in [0.1, 0.15) is 5.60 Å². The molecule has 0 saturated carbocycles. The van der Waals surface area contributed by atoms with E-state index in [2.05, 4.69) is 4.98 Å². The summed E-state index contributed by atoms with van der Waals surface area (Å²) in [6.45, 7) is 10.4. The first kappa shape index (κ1) is 17.2. The molecule has 2 rings (SSSR count). The molecule has 6 nitrogen and oxygen atoms in total. The van der Waals surface area contributed by atoms with E-state index in [1.807, 2.05) is 34.6 Å². The Morgan fingerprint density at radius 2 is 1.96 bits per heavy atom. The van der Waals surface area contributed by atoms with Gasteiger partial charge in [-0.15, -0.1) is 0 Å². The number of ether oxygens (including phenoxy) is 2. The topological polar surface area (TPSA) is 68.7 Å². The number of methoxy groups -OCH3 is 1. The number of hydrogen-bond donors (Lipinski definition) is 0.